The lowest BCUT2D eigenvalue weighted by Gasteiger charge is -2.18. The minimum absolute atomic E-state index is 0.128. The van der Waals surface area contributed by atoms with Crippen LogP contribution in [-0.2, 0) is 24.7 Å². The Balaban J connectivity index is 1.48. The standard InChI is InChI=1S/C30H21F4N5O/c1-30(2,14-35)20-10-17(11-22(32)27(20)34)25(40)12-16-5-6-21(31)19(26(16)33)13-24-18(4-3-8-36-24)28-29-23(7-9-37-29)38-15-39-28/h3-6,8-11,15H,7,12-13H2,1-2H3. The molecule has 200 valence electrons. The van der Waals surface area contributed by atoms with Gasteiger partial charge in [-0.15, -0.1) is 0 Å². The largest absolute Gasteiger partial charge is 0.294 e. The Morgan fingerprint density at radius 3 is 2.60 bits per heavy atom. The van der Waals surface area contributed by atoms with E-state index in [4.69, 9.17) is 0 Å². The van der Waals surface area contributed by atoms with Crippen molar-refractivity contribution in [2.24, 2.45) is 4.99 Å². The number of Topliss-reactive ketones (excluding diaryl/α,β-unsaturated/α-hetero) is 1. The first-order valence-corrected chi connectivity index (χ1v) is 12.3. The van der Waals surface area contributed by atoms with Crippen LogP contribution in [0.15, 0.2) is 53.9 Å². The number of hydrogen-bond acceptors (Lipinski definition) is 6. The smallest absolute Gasteiger partial charge is 0.167 e. The molecule has 0 bridgehead atoms. The number of rotatable bonds is 7. The number of carbonyl (C=O) groups excluding carboxylic acids is 1. The summed E-state index contributed by atoms with van der Waals surface area (Å²) in [5, 5.41) is 9.35. The Hall–Kier alpha value is -4.78. The summed E-state index contributed by atoms with van der Waals surface area (Å²) < 4.78 is 59.3. The molecule has 0 unspecified atom stereocenters. The van der Waals surface area contributed by atoms with E-state index in [0.29, 0.717) is 35.1 Å². The number of benzene rings is 2. The molecule has 0 radical (unpaired) electrons. The third-order valence-corrected chi connectivity index (χ3v) is 6.81. The van der Waals surface area contributed by atoms with Crippen molar-refractivity contribution >= 4 is 17.7 Å². The highest BCUT2D eigenvalue weighted by Gasteiger charge is 2.28. The van der Waals surface area contributed by atoms with E-state index in [0.717, 1.165) is 23.9 Å². The molecule has 2 aromatic heterocycles. The normalized spacial score (nSPS) is 12.3. The highest BCUT2D eigenvalue weighted by molar-refractivity contribution is 5.98. The molecule has 1 aliphatic rings. The summed E-state index contributed by atoms with van der Waals surface area (Å²) in [6, 6.07) is 9.27. The molecule has 1 aliphatic heterocycles. The zero-order valence-corrected chi connectivity index (χ0v) is 21.5. The maximum Gasteiger partial charge on any atom is 0.167 e. The van der Waals surface area contributed by atoms with Gasteiger partial charge in [0.25, 0.3) is 0 Å². The number of pyridine rings is 1. The summed E-state index contributed by atoms with van der Waals surface area (Å²) in [5.74, 6) is -5.03. The fraction of sp³-hybridized carbons (Fsp3) is 0.200. The highest BCUT2D eigenvalue weighted by Crippen LogP contribution is 2.35. The van der Waals surface area contributed by atoms with Crippen LogP contribution in [0.2, 0.25) is 0 Å². The van der Waals surface area contributed by atoms with Crippen molar-refractivity contribution < 1.29 is 22.4 Å². The second-order valence-corrected chi connectivity index (χ2v) is 9.86. The number of aliphatic imine (C=N–C) groups is 1. The number of carbonyl (C=O) groups is 1. The first kappa shape index (κ1) is 26.8. The van der Waals surface area contributed by atoms with Crippen molar-refractivity contribution in [3.63, 3.8) is 0 Å². The van der Waals surface area contributed by atoms with Gasteiger partial charge in [-0.3, -0.25) is 14.8 Å². The third-order valence-electron chi connectivity index (χ3n) is 6.81. The molecule has 2 aromatic carbocycles. The summed E-state index contributed by atoms with van der Waals surface area (Å²) in [6.45, 7) is 2.78. The molecule has 0 atom stereocenters. The molecule has 0 fully saturated rings. The van der Waals surface area contributed by atoms with Crippen molar-refractivity contribution in [1.82, 2.24) is 15.0 Å². The van der Waals surface area contributed by atoms with Gasteiger partial charge in [-0.2, -0.15) is 5.26 Å². The molecular weight excluding hydrogens is 522 g/mol. The summed E-state index contributed by atoms with van der Waals surface area (Å²) in [7, 11) is 0. The second-order valence-electron chi connectivity index (χ2n) is 9.86. The van der Waals surface area contributed by atoms with Gasteiger partial charge >= 0.3 is 0 Å². The van der Waals surface area contributed by atoms with Crippen LogP contribution in [0, 0.1) is 34.6 Å². The number of hydrogen-bond donors (Lipinski definition) is 0. The van der Waals surface area contributed by atoms with E-state index in [1.165, 1.54) is 26.4 Å². The van der Waals surface area contributed by atoms with Gasteiger partial charge in [0.15, 0.2) is 17.4 Å². The van der Waals surface area contributed by atoms with E-state index in [-0.39, 0.29) is 28.7 Å². The van der Waals surface area contributed by atoms with Gasteiger partial charge in [0.2, 0.25) is 0 Å². The number of aromatic nitrogens is 3. The van der Waals surface area contributed by atoms with Gasteiger partial charge in [0, 0.05) is 53.9 Å². The fourth-order valence-corrected chi connectivity index (χ4v) is 4.57. The van der Waals surface area contributed by atoms with E-state index in [1.807, 2.05) is 6.07 Å². The Morgan fingerprint density at radius 1 is 1.02 bits per heavy atom. The molecule has 0 saturated heterocycles. The quantitative estimate of drug-likeness (QED) is 0.205. The Morgan fingerprint density at radius 2 is 1.82 bits per heavy atom. The molecule has 0 aliphatic carbocycles. The maximum absolute atomic E-state index is 15.7. The topological polar surface area (TPSA) is 91.9 Å². The number of nitrogens with zero attached hydrogens (tertiary/aromatic N) is 5. The number of halogens is 4. The zero-order valence-electron chi connectivity index (χ0n) is 21.5. The number of ketones is 1. The van der Waals surface area contributed by atoms with Crippen LogP contribution in [0.25, 0.3) is 11.3 Å². The van der Waals surface area contributed by atoms with Crippen LogP contribution < -0.4 is 0 Å². The summed E-state index contributed by atoms with van der Waals surface area (Å²) in [6.07, 6.45) is 4.36. The Labute approximate surface area is 227 Å². The summed E-state index contributed by atoms with van der Waals surface area (Å²) in [5.41, 5.74) is 0.306. The lowest BCUT2D eigenvalue weighted by Crippen LogP contribution is -2.19. The van der Waals surface area contributed by atoms with E-state index >= 15 is 4.39 Å². The molecule has 4 aromatic rings. The van der Waals surface area contributed by atoms with Gasteiger partial charge < -0.3 is 0 Å². The molecule has 0 amide bonds. The van der Waals surface area contributed by atoms with E-state index in [9.17, 15) is 23.2 Å². The first-order chi connectivity index (χ1) is 19.1. The lowest BCUT2D eigenvalue weighted by molar-refractivity contribution is 0.0991. The van der Waals surface area contributed by atoms with Gasteiger partial charge in [0.1, 0.15) is 29.3 Å². The van der Waals surface area contributed by atoms with Crippen molar-refractivity contribution in [2.45, 2.75) is 38.5 Å². The van der Waals surface area contributed by atoms with E-state index in [2.05, 4.69) is 19.9 Å². The number of nitriles is 1. The van der Waals surface area contributed by atoms with Gasteiger partial charge in [-0.1, -0.05) is 6.07 Å². The SMILES string of the molecule is CC(C)(C#N)c1cc(C(=O)Cc2ccc(F)c(Cc3ncccc3-c3ncnc4c3N=CC4)c2F)cc(F)c1F. The molecular formula is C30H21F4N5O. The molecule has 6 nitrogen and oxygen atoms in total. The minimum atomic E-state index is -1.41. The molecule has 0 saturated carbocycles. The minimum Gasteiger partial charge on any atom is -0.294 e. The van der Waals surface area contributed by atoms with Crippen molar-refractivity contribution in [3.05, 3.63) is 106 Å². The van der Waals surface area contributed by atoms with Gasteiger partial charge in [-0.25, -0.2) is 27.5 Å². The van der Waals surface area contributed by atoms with Crippen LogP contribution in [-0.4, -0.2) is 26.9 Å². The maximum atomic E-state index is 15.7. The molecule has 10 heteroatoms. The average molecular weight is 544 g/mol. The molecule has 40 heavy (non-hydrogen) atoms. The first-order valence-electron chi connectivity index (χ1n) is 12.3. The predicted molar refractivity (Wildman–Crippen MR) is 139 cm³/mol. The predicted octanol–water partition coefficient (Wildman–Crippen LogP) is 6.17. The van der Waals surface area contributed by atoms with E-state index in [1.54, 1.807) is 18.3 Å². The van der Waals surface area contributed by atoms with Crippen LogP contribution in [0.4, 0.5) is 23.2 Å². The summed E-state index contributed by atoms with van der Waals surface area (Å²) in [4.78, 5) is 30.3. The van der Waals surface area contributed by atoms with E-state index < -0.39 is 40.9 Å². The van der Waals surface area contributed by atoms with Gasteiger partial charge in [-0.05, 0) is 49.7 Å². The van der Waals surface area contributed by atoms with Crippen LogP contribution in [0.3, 0.4) is 0 Å². The average Bonchev–Trinajstić information content (AvgIpc) is 3.43. The summed E-state index contributed by atoms with van der Waals surface area (Å²) >= 11 is 0. The monoisotopic (exact) mass is 543 g/mol. The molecule has 5 rings (SSSR count). The molecule has 0 N–H and O–H groups in total. The Bertz CT molecular complexity index is 1740. The second kappa shape index (κ2) is 10.4. The van der Waals surface area contributed by atoms with Crippen LogP contribution in [0.5, 0.6) is 0 Å². The molecule has 0 spiro atoms. The third kappa shape index (κ3) is 4.86. The zero-order chi connectivity index (χ0) is 28.6. The fourth-order valence-electron chi connectivity index (χ4n) is 4.57. The highest BCUT2D eigenvalue weighted by atomic mass is 19.2. The van der Waals surface area contributed by atoms with Crippen molar-refractivity contribution in [3.8, 4) is 17.3 Å². The Kier molecular flexibility index (Phi) is 6.98. The van der Waals surface area contributed by atoms with Crippen LogP contribution in [0.1, 0.15) is 52.3 Å². The number of fused-ring (bicyclic) bond motifs is 1. The van der Waals surface area contributed by atoms with Gasteiger partial charge in [0.05, 0.1) is 22.9 Å². The van der Waals surface area contributed by atoms with Crippen molar-refractivity contribution in [1.29, 1.82) is 5.26 Å². The van der Waals surface area contributed by atoms with Crippen LogP contribution >= 0.6 is 0 Å². The molecule has 3 heterocycles. The van der Waals surface area contributed by atoms with Crippen molar-refractivity contribution in [2.75, 3.05) is 0 Å². The lowest BCUT2D eigenvalue weighted by atomic mass is 9.84.